The van der Waals surface area contributed by atoms with Gasteiger partial charge in [-0.1, -0.05) is 18.3 Å². The van der Waals surface area contributed by atoms with Gasteiger partial charge in [0.2, 0.25) is 0 Å². The van der Waals surface area contributed by atoms with Crippen molar-refractivity contribution in [1.29, 1.82) is 0 Å². The number of nitrogens with two attached hydrogens (primary N) is 1. The molecule has 100 valence electrons. The van der Waals surface area contributed by atoms with Crippen LogP contribution in [0.4, 0.5) is 18.9 Å². The first-order valence-electron chi connectivity index (χ1n) is 5.20. The second-order valence-corrected chi connectivity index (χ2v) is 4.97. The third-order valence-corrected chi connectivity index (χ3v) is 3.08. The Bertz CT molecular complexity index is 435. The van der Waals surface area contributed by atoms with Crippen LogP contribution in [0.2, 0.25) is 0 Å². The van der Waals surface area contributed by atoms with E-state index in [-0.39, 0.29) is 18.0 Å². The maximum absolute atomic E-state index is 12.0. The molecule has 7 heteroatoms. The predicted molar refractivity (Wildman–Crippen MR) is 73.8 cm³/mol. The first kappa shape index (κ1) is 15.2. The molecule has 0 fully saturated rings. The van der Waals surface area contributed by atoms with Gasteiger partial charge in [0.25, 0.3) is 0 Å². The summed E-state index contributed by atoms with van der Waals surface area (Å²) < 4.78 is 36.6. The zero-order valence-corrected chi connectivity index (χ0v) is 11.8. The highest BCUT2D eigenvalue weighted by Crippen LogP contribution is 2.25. The lowest BCUT2D eigenvalue weighted by Crippen LogP contribution is -2.16. The molecule has 0 aliphatic heterocycles. The minimum Gasteiger partial charge on any atom is -0.389 e. The average molecular weight is 341 g/mol. The second kappa shape index (κ2) is 6.38. The number of anilines is 1. The molecular weight excluding hydrogens is 329 g/mol. The summed E-state index contributed by atoms with van der Waals surface area (Å²) in [6.07, 6.45) is -4.92. The van der Waals surface area contributed by atoms with Crippen LogP contribution >= 0.6 is 28.1 Å². The van der Waals surface area contributed by atoms with Crippen molar-refractivity contribution < 1.29 is 13.2 Å². The van der Waals surface area contributed by atoms with Crippen LogP contribution in [0.25, 0.3) is 0 Å². The van der Waals surface area contributed by atoms with Crippen LogP contribution < -0.4 is 11.1 Å². The Kier molecular flexibility index (Phi) is 5.40. The SMILES string of the molecule is NC(=S)c1c(Br)cccc1NCCCC(F)(F)F. The van der Waals surface area contributed by atoms with Crippen LogP contribution in [0, 0.1) is 0 Å². The third kappa shape index (κ3) is 4.81. The van der Waals surface area contributed by atoms with E-state index in [9.17, 15) is 13.2 Å². The molecule has 2 nitrogen and oxygen atoms in total. The van der Waals surface area contributed by atoms with E-state index in [0.29, 0.717) is 11.3 Å². The fraction of sp³-hybridized carbons (Fsp3) is 0.364. The van der Waals surface area contributed by atoms with Gasteiger partial charge in [0.1, 0.15) is 4.99 Å². The van der Waals surface area contributed by atoms with Crippen molar-refractivity contribution in [1.82, 2.24) is 0 Å². The molecule has 0 saturated carbocycles. The Balaban J connectivity index is 2.63. The van der Waals surface area contributed by atoms with E-state index in [0.717, 1.165) is 4.47 Å². The van der Waals surface area contributed by atoms with E-state index in [4.69, 9.17) is 18.0 Å². The summed E-state index contributed by atoms with van der Waals surface area (Å²) >= 11 is 8.20. The first-order chi connectivity index (χ1) is 8.31. The summed E-state index contributed by atoms with van der Waals surface area (Å²) in [7, 11) is 0. The van der Waals surface area contributed by atoms with Crippen LogP contribution in [0.3, 0.4) is 0 Å². The Morgan fingerprint density at radius 1 is 1.39 bits per heavy atom. The van der Waals surface area contributed by atoms with Crippen LogP contribution in [0.15, 0.2) is 22.7 Å². The number of thiocarbonyl (C=S) groups is 1. The number of nitrogens with one attached hydrogen (secondary N) is 1. The van der Waals surface area contributed by atoms with Gasteiger partial charge < -0.3 is 11.1 Å². The summed E-state index contributed by atoms with van der Waals surface area (Å²) in [6, 6.07) is 5.26. The largest absolute Gasteiger partial charge is 0.389 e. The zero-order valence-electron chi connectivity index (χ0n) is 9.35. The van der Waals surface area contributed by atoms with Crippen molar-refractivity contribution in [2.45, 2.75) is 19.0 Å². The number of hydrogen-bond donors (Lipinski definition) is 2. The molecule has 18 heavy (non-hydrogen) atoms. The van der Waals surface area contributed by atoms with Crippen molar-refractivity contribution in [3.8, 4) is 0 Å². The van der Waals surface area contributed by atoms with E-state index in [1.165, 1.54) is 0 Å². The number of halogens is 4. The molecule has 0 aliphatic rings. The Labute approximate surface area is 117 Å². The van der Waals surface area contributed by atoms with Crippen LogP contribution in [-0.4, -0.2) is 17.7 Å². The topological polar surface area (TPSA) is 38.0 Å². The van der Waals surface area contributed by atoms with Gasteiger partial charge in [0.15, 0.2) is 0 Å². The molecule has 0 saturated heterocycles. The summed E-state index contributed by atoms with van der Waals surface area (Å²) in [5.74, 6) is 0. The van der Waals surface area contributed by atoms with E-state index in [1.807, 2.05) is 0 Å². The van der Waals surface area contributed by atoms with Crippen molar-refractivity contribution in [2.75, 3.05) is 11.9 Å². The monoisotopic (exact) mass is 340 g/mol. The molecular formula is C11H12BrF3N2S. The maximum atomic E-state index is 12.0. The fourth-order valence-electron chi connectivity index (χ4n) is 1.43. The van der Waals surface area contributed by atoms with Crippen molar-refractivity contribution in [2.24, 2.45) is 5.73 Å². The predicted octanol–water partition coefficient (Wildman–Crippen LogP) is 3.84. The van der Waals surface area contributed by atoms with Gasteiger partial charge in [-0.15, -0.1) is 0 Å². The van der Waals surface area contributed by atoms with Gasteiger partial charge in [-0.25, -0.2) is 0 Å². The lowest BCUT2D eigenvalue weighted by Gasteiger charge is -2.13. The molecule has 1 aromatic carbocycles. The van der Waals surface area contributed by atoms with Crippen LogP contribution in [0.1, 0.15) is 18.4 Å². The van der Waals surface area contributed by atoms with Gasteiger partial charge in [-0.3, -0.25) is 0 Å². The van der Waals surface area contributed by atoms with Crippen LogP contribution in [-0.2, 0) is 0 Å². The molecule has 1 rings (SSSR count). The molecule has 0 bridgehead atoms. The van der Waals surface area contributed by atoms with Gasteiger partial charge in [-0.2, -0.15) is 13.2 Å². The Morgan fingerprint density at radius 3 is 2.61 bits per heavy atom. The molecule has 3 N–H and O–H groups in total. The summed E-state index contributed by atoms with van der Waals surface area (Å²) in [4.78, 5) is 0.195. The molecule has 0 spiro atoms. The van der Waals surface area contributed by atoms with Crippen molar-refractivity contribution >= 4 is 38.8 Å². The van der Waals surface area contributed by atoms with E-state index >= 15 is 0 Å². The number of rotatable bonds is 5. The zero-order chi connectivity index (χ0) is 13.8. The maximum Gasteiger partial charge on any atom is 0.389 e. The molecule has 0 heterocycles. The minimum atomic E-state index is -4.12. The quantitative estimate of drug-likeness (QED) is 0.631. The Morgan fingerprint density at radius 2 is 2.06 bits per heavy atom. The van der Waals surface area contributed by atoms with Gasteiger partial charge in [0.05, 0.1) is 0 Å². The lowest BCUT2D eigenvalue weighted by molar-refractivity contribution is -0.134. The van der Waals surface area contributed by atoms with E-state index < -0.39 is 12.6 Å². The molecule has 0 aliphatic carbocycles. The summed E-state index contributed by atoms with van der Waals surface area (Å²) in [5, 5.41) is 2.91. The highest BCUT2D eigenvalue weighted by molar-refractivity contribution is 9.10. The Hall–Kier alpha value is -0.820. The third-order valence-electron chi connectivity index (χ3n) is 2.21. The summed E-state index contributed by atoms with van der Waals surface area (Å²) in [6.45, 7) is 0.214. The molecule has 0 unspecified atom stereocenters. The highest BCUT2D eigenvalue weighted by Gasteiger charge is 2.25. The van der Waals surface area contributed by atoms with E-state index in [1.54, 1.807) is 18.2 Å². The molecule has 0 atom stereocenters. The van der Waals surface area contributed by atoms with Crippen molar-refractivity contribution in [3.05, 3.63) is 28.2 Å². The van der Waals surface area contributed by atoms with Gasteiger partial charge in [-0.05, 0) is 34.5 Å². The fourth-order valence-corrected chi connectivity index (χ4v) is 2.36. The average Bonchev–Trinajstić information content (AvgIpc) is 2.22. The molecule has 1 aromatic rings. The molecule has 0 aromatic heterocycles. The van der Waals surface area contributed by atoms with Crippen LogP contribution in [0.5, 0.6) is 0 Å². The number of alkyl halides is 3. The second-order valence-electron chi connectivity index (χ2n) is 3.67. The smallest absolute Gasteiger partial charge is 0.389 e. The number of hydrogen-bond acceptors (Lipinski definition) is 2. The standard InChI is InChI=1S/C11H12BrF3N2S/c12-7-3-1-4-8(9(7)10(16)18)17-6-2-5-11(13,14)15/h1,3-4,17H,2,5-6H2,(H2,16,18). The highest BCUT2D eigenvalue weighted by atomic mass is 79.9. The summed E-state index contributed by atoms with van der Waals surface area (Å²) in [5.41, 5.74) is 6.82. The molecule has 0 amide bonds. The van der Waals surface area contributed by atoms with Gasteiger partial charge >= 0.3 is 6.18 Å². The number of benzene rings is 1. The van der Waals surface area contributed by atoms with Crippen molar-refractivity contribution in [3.63, 3.8) is 0 Å². The lowest BCUT2D eigenvalue weighted by atomic mass is 10.1. The van der Waals surface area contributed by atoms with Gasteiger partial charge in [0, 0.05) is 28.7 Å². The minimum absolute atomic E-state index is 0.00673. The normalized spacial score (nSPS) is 11.3. The first-order valence-corrected chi connectivity index (χ1v) is 6.40. The molecule has 0 radical (unpaired) electrons. The van der Waals surface area contributed by atoms with E-state index in [2.05, 4.69) is 21.2 Å².